The van der Waals surface area contributed by atoms with Gasteiger partial charge in [-0.15, -0.1) is 0 Å². The Morgan fingerprint density at radius 2 is 1.64 bits per heavy atom. The number of sulfonamides is 1. The lowest BCUT2D eigenvalue weighted by atomic mass is 9.85. The van der Waals surface area contributed by atoms with Crippen LogP contribution in [0.5, 0.6) is 5.75 Å². The van der Waals surface area contributed by atoms with E-state index in [1.165, 1.54) is 18.2 Å². The van der Waals surface area contributed by atoms with Crippen molar-refractivity contribution in [2.24, 2.45) is 5.73 Å². The number of hydrogen-bond donors (Lipinski definition) is 3. The van der Waals surface area contributed by atoms with Crippen LogP contribution in [0.2, 0.25) is 0 Å². The minimum atomic E-state index is -4.17. The van der Waals surface area contributed by atoms with Crippen LogP contribution < -0.4 is 15.4 Å². The molecule has 0 saturated carbocycles. The summed E-state index contributed by atoms with van der Waals surface area (Å²) < 4.78 is 28.3. The molecule has 0 spiro atoms. The highest BCUT2D eigenvalue weighted by Crippen LogP contribution is 2.34. The zero-order valence-corrected chi connectivity index (χ0v) is 21.8. The van der Waals surface area contributed by atoms with Crippen molar-refractivity contribution in [2.75, 3.05) is 16.2 Å². The smallest absolute Gasteiger partial charge is 0.264 e. The van der Waals surface area contributed by atoms with Crippen molar-refractivity contribution < 1.29 is 23.1 Å². The molecule has 0 atom stereocenters. The van der Waals surface area contributed by atoms with Crippen LogP contribution in [0.15, 0.2) is 65.6 Å². The van der Waals surface area contributed by atoms with Crippen LogP contribution in [0.25, 0.3) is 0 Å². The molecule has 3 aromatic rings. The number of aryl methyl sites for hydroxylation is 1. The SMILES string of the molecule is Cc1ccc(N(CC(=O)Nc2cc(C(N)=O)ccc2C(C)(C)C)S(=O)(=O)c2ccccc2)c(C)c1O. The summed E-state index contributed by atoms with van der Waals surface area (Å²) in [5.74, 6) is -1.32. The molecule has 0 aromatic heterocycles. The first-order valence-electron chi connectivity index (χ1n) is 11.3. The van der Waals surface area contributed by atoms with Gasteiger partial charge in [0.25, 0.3) is 10.0 Å². The summed E-state index contributed by atoms with van der Waals surface area (Å²) >= 11 is 0. The predicted octanol–water partition coefficient (Wildman–Crippen LogP) is 4.24. The molecule has 0 aliphatic heterocycles. The molecular weight excluding hydrogens is 478 g/mol. The number of nitrogens with one attached hydrogen (secondary N) is 1. The van der Waals surface area contributed by atoms with E-state index < -0.39 is 28.4 Å². The maximum atomic E-state index is 13.6. The molecule has 0 bridgehead atoms. The quantitative estimate of drug-likeness (QED) is 0.439. The van der Waals surface area contributed by atoms with Gasteiger partial charge in [-0.3, -0.25) is 13.9 Å². The number of carbonyl (C=O) groups excluding carboxylic acids is 2. The van der Waals surface area contributed by atoms with Gasteiger partial charge in [0.2, 0.25) is 11.8 Å². The van der Waals surface area contributed by atoms with Gasteiger partial charge < -0.3 is 16.2 Å². The van der Waals surface area contributed by atoms with Gasteiger partial charge in [0, 0.05) is 16.8 Å². The first-order valence-corrected chi connectivity index (χ1v) is 12.8. The monoisotopic (exact) mass is 509 g/mol. The molecule has 2 amide bonds. The van der Waals surface area contributed by atoms with Gasteiger partial charge >= 0.3 is 0 Å². The number of amides is 2. The van der Waals surface area contributed by atoms with Crippen LogP contribution in [0.4, 0.5) is 11.4 Å². The normalized spacial score (nSPS) is 11.7. The fraction of sp³-hybridized carbons (Fsp3) is 0.259. The number of hydrogen-bond acceptors (Lipinski definition) is 5. The average Bonchev–Trinajstić information content (AvgIpc) is 2.81. The van der Waals surface area contributed by atoms with Gasteiger partial charge in [0.05, 0.1) is 10.6 Å². The Labute approximate surface area is 211 Å². The van der Waals surface area contributed by atoms with E-state index in [0.717, 1.165) is 9.87 Å². The van der Waals surface area contributed by atoms with Crippen LogP contribution >= 0.6 is 0 Å². The molecule has 0 aliphatic carbocycles. The third-order valence-corrected chi connectivity index (χ3v) is 7.65. The summed E-state index contributed by atoms with van der Waals surface area (Å²) in [7, 11) is -4.17. The van der Waals surface area contributed by atoms with Crippen LogP contribution in [0, 0.1) is 13.8 Å². The molecule has 0 unspecified atom stereocenters. The molecule has 4 N–H and O–H groups in total. The van der Waals surface area contributed by atoms with Crippen molar-refractivity contribution in [3.8, 4) is 5.75 Å². The number of primary amides is 1. The first-order chi connectivity index (χ1) is 16.7. The van der Waals surface area contributed by atoms with E-state index in [-0.39, 0.29) is 27.3 Å². The van der Waals surface area contributed by atoms with Crippen molar-refractivity contribution in [2.45, 2.75) is 44.9 Å². The van der Waals surface area contributed by atoms with Gasteiger partial charge in [0.1, 0.15) is 12.3 Å². The fourth-order valence-corrected chi connectivity index (χ4v) is 5.39. The second kappa shape index (κ2) is 10.0. The molecule has 9 heteroatoms. The van der Waals surface area contributed by atoms with Gasteiger partial charge in [-0.25, -0.2) is 8.42 Å². The number of nitrogens with two attached hydrogens (primary N) is 1. The Kier molecular flexibility index (Phi) is 7.45. The van der Waals surface area contributed by atoms with Crippen LogP contribution in [-0.2, 0) is 20.2 Å². The number of benzene rings is 3. The van der Waals surface area contributed by atoms with Crippen LogP contribution in [0.1, 0.15) is 47.8 Å². The molecule has 0 saturated heterocycles. The standard InChI is InChI=1S/C27H31N3O5S/c1-17-11-14-23(18(2)25(17)32)30(36(34,35)20-9-7-6-8-10-20)16-24(31)29-22-15-19(26(28)33)12-13-21(22)27(3,4)5/h6-15,32H,16H2,1-5H3,(H2,28,33)(H,29,31). The number of phenolic OH excluding ortho intramolecular Hbond substituents is 1. The number of nitrogens with zero attached hydrogens (tertiary/aromatic N) is 1. The molecule has 0 fully saturated rings. The van der Waals surface area contributed by atoms with Gasteiger partial charge in [-0.1, -0.05) is 51.1 Å². The Morgan fingerprint density at radius 3 is 2.22 bits per heavy atom. The topological polar surface area (TPSA) is 130 Å². The fourth-order valence-electron chi connectivity index (χ4n) is 3.89. The predicted molar refractivity (Wildman–Crippen MR) is 141 cm³/mol. The Hall–Kier alpha value is -3.85. The van der Waals surface area contributed by atoms with Crippen molar-refractivity contribution in [3.63, 3.8) is 0 Å². The highest BCUT2D eigenvalue weighted by Gasteiger charge is 2.30. The number of anilines is 2. The van der Waals surface area contributed by atoms with Crippen LogP contribution in [0.3, 0.4) is 0 Å². The number of phenols is 1. The lowest BCUT2D eigenvalue weighted by Gasteiger charge is -2.27. The Morgan fingerprint density at radius 1 is 1.00 bits per heavy atom. The number of aromatic hydroxyl groups is 1. The zero-order chi connectivity index (χ0) is 26.8. The van der Waals surface area contributed by atoms with E-state index in [4.69, 9.17) is 5.73 Å². The highest BCUT2D eigenvalue weighted by molar-refractivity contribution is 7.92. The summed E-state index contributed by atoms with van der Waals surface area (Å²) in [4.78, 5) is 25.1. The lowest BCUT2D eigenvalue weighted by Crippen LogP contribution is -2.39. The number of rotatable bonds is 7. The van der Waals surface area contributed by atoms with Crippen molar-refractivity contribution in [1.82, 2.24) is 0 Å². The van der Waals surface area contributed by atoms with E-state index in [1.54, 1.807) is 56.3 Å². The molecule has 36 heavy (non-hydrogen) atoms. The minimum Gasteiger partial charge on any atom is -0.507 e. The molecule has 0 radical (unpaired) electrons. The lowest BCUT2D eigenvalue weighted by molar-refractivity contribution is -0.114. The summed E-state index contributed by atoms with van der Waals surface area (Å²) in [5.41, 5.74) is 7.47. The van der Waals surface area contributed by atoms with Crippen molar-refractivity contribution in [1.29, 1.82) is 0 Å². The summed E-state index contributed by atoms with van der Waals surface area (Å²) in [5, 5.41) is 13.3. The second-order valence-electron chi connectivity index (χ2n) is 9.62. The third-order valence-electron chi connectivity index (χ3n) is 5.88. The molecule has 0 heterocycles. The Bertz CT molecular complexity index is 1410. The van der Waals surface area contributed by atoms with E-state index >= 15 is 0 Å². The molecule has 0 aliphatic rings. The summed E-state index contributed by atoms with van der Waals surface area (Å²) in [6.07, 6.45) is 0. The maximum absolute atomic E-state index is 13.6. The van der Waals surface area contributed by atoms with E-state index in [9.17, 15) is 23.1 Å². The van der Waals surface area contributed by atoms with E-state index in [1.807, 2.05) is 20.8 Å². The maximum Gasteiger partial charge on any atom is 0.264 e. The van der Waals surface area contributed by atoms with Gasteiger partial charge in [-0.2, -0.15) is 0 Å². The van der Waals surface area contributed by atoms with E-state index in [2.05, 4.69) is 5.32 Å². The molecule has 8 nitrogen and oxygen atoms in total. The third kappa shape index (κ3) is 5.52. The van der Waals surface area contributed by atoms with Crippen molar-refractivity contribution in [3.05, 3.63) is 82.9 Å². The molecule has 3 aromatic carbocycles. The Balaban J connectivity index is 2.07. The first kappa shape index (κ1) is 26.7. The van der Waals surface area contributed by atoms with E-state index in [0.29, 0.717) is 16.8 Å². The summed E-state index contributed by atoms with van der Waals surface area (Å²) in [6.45, 7) is 8.59. The van der Waals surface area contributed by atoms with Crippen molar-refractivity contribution >= 4 is 33.2 Å². The molecule has 3 rings (SSSR count). The molecule has 190 valence electrons. The number of carbonyl (C=O) groups is 2. The van der Waals surface area contributed by atoms with Gasteiger partial charge in [0.15, 0.2) is 0 Å². The molecular formula is C27H31N3O5S. The van der Waals surface area contributed by atoms with Gasteiger partial charge in [-0.05, 0) is 60.7 Å². The summed E-state index contributed by atoms with van der Waals surface area (Å²) in [6, 6.07) is 15.7. The second-order valence-corrected chi connectivity index (χ2v) is 11.5. The van der Waals surface area contributed by atoms with Crippen LogP contribution in [-0.4, -0.2) is 31.9 Å². The zero-order valence-electron chi connectivity index (χ0n) is 21.0. The average molecular weight is 510 g/mol. The minimum absolute atomic E-state index is 0.00312. The largest absolute Gasteiger partial charge is 0.507 e. The highest BCUT2D eigenvalue weighted by atomic mass is 32.2.